The molecule has 0 spiro atoms. The molecule has 1 fully saturated rings. The number of rotatable bonds is 7. The van der Waals surface area contributed by atoms with Crippen LogP contribution in [0.4, 0.5) is 0 Å². The van der Waals surface area contributed by atoms with Gasteiger partial charge < -0.3 is 19.4 Å². The highest BCUT2D eigenvalue weighted by Crippen LogP contribution is 2.18. The Kier molecular flexibility index (Phi) is 6.71. The average Bonchev–Trinajstić information content (AvgIpc) is 3.15. The number of furan rings is 1. The average molecular weight is 385 g/mol. The molecular weight excluding hydrogens is 358 g/mol. The van der Waals surface area contributed by atoms with Crippen molar-refractivity contribution in [3.05, 3.63) is 54.0 Å². The predicted octanol–water partition coefficient (Wildman–Crippen LogP) is 2.14. The van der Waals surface area contributed by atoms with Crippen molar-refractivity contribution < 1.29 is 18.7 Å². The molecule has 150 valence electrons. The largest absolute Gasteiger partial charge is 0.489 e. The number of hydrogen-bond acceptors (Lipinski definition) is 5. The van der Waals surface area contributed by atoms with Crippen molar-refractivity contribution in [3.8, 4) is 5.75 Å². The summed E-state index contributed by atoms with van der Waals surface area (Å²) in [5, 5.41) is 2.89. The maximum absolute atomic E-state index is 12.8. The normalized spacial score (nSPS) is 14.9. The Balaban J connectivity index is 1.52. The third kappa shape index (κ3) is 5.36. The Morgan fingerprint density at radius 3 is 2.50 bits per heavy atom. The topological polar surface area (TPSA) is 75.0 Å². The monoisotopic (exact) mass is 385 g/mol. The molecule has 7 nitrogen and oxygen atoms in total. The molecule has 2 aromatic rings. The number of amides is 2. The van der Waals surface area contributed by atoms with Crippen LogP contribution in [-0.4, -0.2) is 60.4 Å². The summed E-state index contributed by atoms with van der Waals surface area (Å²) in [5.74, 6) is 0.946. The van der Waals surface area contributed by atoms with E-state index in [0.29, 0.717) is 38.5 Å². The van der Waals surface area contributed by atoms with E-state index in [1.807, 2.05) is 44.2 Å². The molecule has 1 aliphatic rings. The van der Waals surface area contributed by atoms with Gasteiger partial charge in [-0.3, -0.25) is 14.5 Å². The van der Waals surface area contributed by atoms with Gasteiger partial charge in [0.1, 0.15) is 12.4 Å². The first-order valence-corrected chi connectivity index (χ1v) is 9.58. The van der Waals surface area contributed by atoms with Crippen molar-refractivity contribution in [2.45, 2.75) is 26.5 Å². The number of ether oxygens (including phenoxy) is 1. The van der Waals surface area contributed by atoms with Gasteiger partial charge in [0.25, 0.3) is 5.91 Å². The molecule has 1 saturated heterocycles. The molecule has 0 radical (unpaired) electrons. The summed E-state index contributed by atoms with van der Waals surface area (Å²) in [5.41, 5.74) is 0.729. The lowest BCUT2D eigenvalue weighted by atomic mass is 10.2. The Hall–Kier alpha value is -2.80. The number of carbonyl (C=O) groups excluding carboxylic acids is 2. The highest BCUT2D eigenvalue weighted by Gasteiger charge is 2.27. The molecule has 28 heavy (non-hydrogen) atoms. The van der Waals surface area contributed by atoms with E-state index in [1.54, 1.807) is 11.0 Å². The van der Waals surface area contributed by atoms with Gasteiger partial charge >= 0.3 is 0 Å². The smallest absolute Gasteiger partial charge is 0.290 e. The fraction of sp³-hybridized carbons (Fsp3) is 0.429. The van der Waals surface area contributed by atoms with Gasteiger partial charge in [-0.1, -0.05) is 18.2 Å². The zero-order valence-electron chi connectivity index (χ0n) is 16.4. The molecule has 3 rings (SSSR count). The lowest BCUT2D eigenvalue weighted by molar-refractivity contribution is -0.123. The number of piperazine rings is 1. The standard InChI is InChI=1S/C21H27N3O4/c1-16(2)22-19(25)14-23-9-11-24(12-10-23)21(26)20-17(8-13-27-20)15-28-18-6-4-3-5-7-18/h3-8,13,16H,9-12,14-15H2,1-2H3,(H,22,25). The highest BCUT2D eigenvalue weighted by molar-refractivity contribution is 5.93. The number of nitrogens with one attached hydrogen (secondary N) is 1. The molecule has 0 aliphatic carbocycles. The summed E-state index contributed by atoms with van der Waals surface area (Å²) in [6.45, 7) is 6.96. The Morgan fingerprint density at radius 2 is 1.82 bits per heavy atom. The lowest BCUT2D eigenvalue weighted by Crippen LogP contribution is -2.51. The third-order valence-corrected chi connectivity index (χ3v) is 4.55. The minimum atomic E-state index is -0.136. The lowest BCUT2D eigenvalue weighted by Gasteiger charge is -2.34. The van der Waals surface area contributed by atoms with E-state index < -0.39 is 0 Å². The molecular formula is C21H27N3O4. The Morgan fingerprint density at radius 1 is 1.11 bits per heavy atom. The summed E-state index contributed by atoms with van der Waals surface area (Å²) in [6, 6.07) is 11.4. The molecule has 7 heteroatoms. The first-order chi connectivity index (χ1) is 13.5. The minimum Gasteiger partial charge on any atom is -0.489 e. The maximum Gasteiger partial charge on any atom is 0.290 e. The number of hydrogen-bond donors (Lipinski definition) is 1. The van der Waals surface area contributed by atoms with E-state index in [1.165, 1.54) is 6.26 Å². The van der Waals surface area contributed by atoms with E-state index in [9.17, 15) is 9.59 Å². The van der Waals surface area contributed by atoms with Crippen LogP contribution in [0.5, 0.6) is 5.75 Å². The SMILES string of the molecule is CC(C)NC(=O)CN1CCN(C(=O)c2occc2COc2ccccc2)CC1. The van der Waals surface area contributed by atoms with E-state index in [2.05, 4.69) is 10.2 Å². The van der Waals surface area contributed by atoms with Crippen molar-refractivity contribution in [2.75, 3.05) is 32.7 Å². The van der Waals surface area contributed by atoms with Gasteiger partial charge in [-0.2, -0.15) is 0 Å². The van der Waals surface area contributed by atoms with Crippen LogP contribution in [-0.2, 0) is 11.4 Å². The second-order valence-corrected chi connectivity index (χ2v) is 7.17. The van der Waals surface area contributed by atoms with Gasteiger partial charge in [0.15, 0.2) is 5.76 Å². The van der Waals surface area contributed by atoms with Crippen LogP contribution in [0.1, 0.15) is 30.0 Å². The number of nitrogens with zero attached hydrogens (tertiary/aromatic N) is 2. The van der Waals surface area contributed by atoms with Crippen LogP contribution in [0.3, 0.4) is 0 Å². The first kappa shape index (κ1) is 19.9. The van der Waals surface area contributed by atoms with E-state index in [4.69, 9.17) is 9.15 Å². The summed E-state index contributed by atoms with van der Waals surface area (Å²) in [7, 11) is 0. The van der Waals surface area contributed by atoms with Crippen molar-refractivity contribution in [2.24, 2.45) is 0 Å². The minimum absolute atomic E-state index is 0.0150. The van der Waals surface area contributed by atoms with Gasteiger partial charge in [0.2, 0.25) is 5.91 Å². The quantitative estimate of drug-likeness (QED) is 0.790. The number of para-hydroxylation sites is 1. The van der Waals surface area contributed by atoms with Crippen LogP contribution in [0, 0.1) is 0 Å². The van der Waals surface area contributed by atoms with Gasteiger partial charge in [-0.15, -0.1) is 0 Å². The molecule has 1 aromatic carbocycles. The molecule has 1 aliphatic heterocycles. The molecule has 2 heterocycles. The van der Waals surface area contributed by atoms with Crippen molar-refractivity contribution >= 4 is 11.8 Å². The summed E-state index contributed by atoms with van der Waals surface area (Å²) in [4.78, 5) is 28.6. The molecule has 1 aromatic heterocycles. The molecule has 2 amide bonds. The third-order valence-electron chi connectivity index (χ3n) is 4.55. The zero-order chi connectivity index (χ0) is 19.9. The summed E-state index contributed by atoms with van der Waals surface area (Å²) < 4.78 is 11.2. The maximum atomic E-state index is 12.8. The number of benzene rings is 1. The first-order valence-electron chi connectivity index (χ1n) is 9.58. The van der Waals surface area contributed by atoms with Crippen molar-refractivity contribution in [1.82, 2.24) is 15.1 Å². The molecule has 0 unspecified atom stereocenters. The van der Waals surface area contributed by atoms with Crippen LogP contribution in [0.15, 0.2) is 47.1 Å². The Labute approximate surface area is 165 Å². The number of carbonyl (C=O) groups is 2. The van der Waals surface area contributed by atoms with Crippen LogP contribution in [0.2, 0.25) is 0 Å². The Bertz CT molecular complexity index is 780. The second-order valence-electron chi connectivity index (χ2n) is 7.17. The highest BCUT2D eigenvalue weighted by atomic mass is 16.5. The molecule has 0 saturated carbocycles. The summed E-state index contributed by atoms with van der Waals surface area (Å²) in [6.07, 6.45) is 1.52. The van der Waals surface area contributed by atoms with Crippen LogP contribution < -0.4 is 10.1 Å². The summed E-state index contributed by atoms with van der Waals surface area (Å²) >= 11 is 0. The zero-order valence-corrected chi connectivity index (χ0v) is 16.4. The van der Waals surface area contributed by atoms with Gasteiger partial charge in [0, 0.05) is 37.8 Å². The van der Waals surface area contributed by atoms with Crippen LogP contribution in [0.25, 0.3) is 0 Å². The van der Waals surface area contributed by atoms with Crippen molar-refractivity contribution in [3.63, 3.8) is 0 Å². The fourth-order valence-corrected chi connectivity index (χ4v) is 3.14. The van der Waals surface area contributed by atoms with Crippen molar-refractivity contribution in [1.29, 1.82) is 0 Å². The fourth-order valence-electron chi connectivity index (χ4n) is 3.14. The van der Waals surface area contributed by atoms with E-state index in [0.717, 1.165) is 11.3 Å². The molecule has 0 bridgehead atoms. The molecule has 0 atom stereocenters. The van der Waals surface area contributed by atoms with E-state index in [-0.39, 0.29) is 24.5 Å². The predicted molar refractivity (Wildman–Crippen MR) is 105 cm³/mol. The molecule has 1 N–H and O–H groups in total. The van der Waals surface area contributed by atoms with Gasteiger partial charge in [0.05, 0.1) is 12.8 Å². The van der Waals surface area contributed by atoms with Crippen LogP contribution >= 0.6 is 0 Å². The second kappa shape index (κ2) is 9.41. The van der Waals surface area contributed by atoms with Gasteiger partial charge in [-0.25, -0.2) is 0 Å². The van der Waals surface area contributed by atoms with Gasteiger partial charge in [-0.05, 0) is 32.0 Å². The van der Waals surface area contributed by atoms with E-state index >= 15 is 0 Å².